The number of carboxylic acids is 1. The number of nitrogen functional groups attached to an aromatic ring is 1. The van der Waals surface area contributed by atoms with Gasteiger partial charge in [0.2, 0.25) is 0 Å². The zero-order valence-corrected chi connectivity index (χ0v) is 20.2. The van der Waals surface area contributed by atoms with E-state index in [1.165, 1.54) is 44.4 Å². The summed E-state index contributed by atoms with van der Waals surface area (Å²) in [6.07, 6.45) is 1.37. The Balaban J connectivity index is 1.58. The minimum atomic E-state index is -1.34. The zero-order valence-electron chi connectivity index (χ0n) is 18.6. The van der Waals surface area contributed by atoms with Gasteiger partial charge < -0.3 is 30.5 Å². The number of nitrogens with two attached hydrogens (primary N) is 1. The SMILES string of the molecule is CON=C(C(=O)N[C@@H]1C(=O)N2C(C(=O)O)=C(C=C3OC(=O)C(C)=C3OC)CS[C@@H]12)c1csc(N)n1. The lowest BCUT2D eigenvalue weighted by Gasteiger charge is -2.49. The Hall–Kier alpha value is -3.85. The predicted octanol–water partition coefficient (Wildman–Crippen LogP) is 0.176. The maximum Gasteiger partial charge on any atom is 0.352 e. The molecule has 184 valence electrons. The number of β-lactam (4-membered cyclic amide) rings is 1. The van der Waals surface area contributed by atoms with Crippen molar-refractivity contribution in [2.24, 2.45) is 5.16 Å². The number of carbonyl (C=O) groups excluding carboxylic acids is 3. The number of oxime groups is 1. The van der Waals surface area contributed by atoms with Crippen LogP contribution in [0.3, 0.4) is 0 Å². The van der Waals surface area contributed by atoms with Crippen molar-refractivity contribution in [1.82, 2.24) is 15.2 Å². The van der Waals surface area contributed by atoms with E-state index in [1.54, 1.807) is 0 Å². The van der Waals surface area contributed by atoms with Crippen LogP contribution < -0.4 is 11.1 Å². The fourth-order valence-corrected chi connectivity index (χ4v) is 5.52. The lowest BCUT2D eigenvalue weighted by atomic mass is 10.0. The molecule has 2 atom stereocenters. The Morgan fingerprint density at radius 3 is 2.74 bits per heavy atom. The van der Waals surface area contributed by atoms with E-state index in [9.17, 15) is 24.3 Å². The number of thiazole rings is 1. The fraction of sp³-hybridized carbons (Fsp3) is 0.300. The normalized spacial score (nSPS) is 23.2. The number of carboxylic acid groups (broad SMARTS) is 1. The first-order valence-corrected chi connectivity index (χ1v) is 11.8. The summed E-state index contributed by atoms with van der Waals surface area (Å²) < 4.78 is 10.4. The molecule has 0 saturated carbocycles. The number of methoxy groups -OCH3 is 1. The smallest absolute Gasteiger partial charge is 0.352 e. The maximum atomic E-state index is 12.9. The predicted molar refractivity (Wildman–Crippen MR) is 124 cm³/mol. The molecule has 0 spiro atoms. The van der Waals surface area contributed by atoms with Crippen LogP contribution in [0.5, 0.6) is 0 Å². The number of nitrogens with zero attached hydrogens (tertiary/aromatic N) is 3. The molecular weight excluding hydrogens is 502 g/mol. The van der Waals surface area contributed by atoms with Crippen LogP contribution in [0.25, 0.3) is 0 Å². The number of anilines is 1. The molecule has 1 aromatic heterocycles. The summed E-state index contributed by atoms with van der Waals surface area (Å²) in [7, 11) is 2.61. The number of allylic oxidation sites excluding steroid dienone is 1. The van der Waals surface area contributed by atoms with Crippen molar-refractivity contribution in [3.63, 3.8) is 0 Å². The van der Waals surface area contributed by atoms with Crippen LogP contribution in [0, 0.1) is 0 Å². The van der Waals surface area contributed by atoms with Gasteiger partial charge in [0.1, 0.15) is 29.9 Å². The number of aliphatic carboxylic acids is 1. The second-order valence-electron chi connectivity index (χ2n) is 7.29. The third-order valence-electron chi connectivity index (χ3n) is 5.23. The van der Waals surface area contributed by atoms with Crippen molar-refractivity contribution in [2.75, 3.05) is 25.7 Å². The Kier molecular flexibility index (Phi) is 6.53. The van der Waals surface area contributed by atoms with Crippen LogP contribution in [-0.2, 0) is 33.5 Å². The van der Waals surface area contributed by atoms with Crippen molar-refractivity contribution < 1.29 is 38.6 Å². The molecule has 1 fully saturated rings. The summed E-state index contributed by atoms with van der Waals surface area (Å²) in [6.45, 7) is 1.52. The highest BCUT2D eigenvalue weighted by Crippen LogP contribution is 2.41. The monoisotopic (exact) mass is 521 g/mol. The number of ether oxygens (including phenoxy) is 2. The molecule has 3 aliphatic rings. The first kappa shape index (κ1) is 24.3. The molecule has 35 heavy (non-hydrogen) atoms. The minimum absolute atomic E-state index is 0.0589. The highest BCUT2D eigenvalue weighted by molar-refractivity contribution is 8.00. The molecule has 0 radical (unpaired) electrons. The largest absolute Gasteiger partial charge is 0.492 e. The van der Waals surface area contributed by atoms with E-state index in [2.05, 4.69) is 15.5 Å². The molecule has 15 heteroatoms. The molecule has 3 aliphatic heterocycles. The number of fused-ring (bicyclic) bond motifs is 1. The third-order valence-corrected chi connectivity index (χ3v) is 7.21. The van der Waals surface area contributed by atoms with Crippen LogP contribution in [0.4, 0.5) is 5.13 Å². The number of aromatic nitrogens is 1. The number of thioether (sulfide) groups is 1. The lowest BCUT2D eigenvalue weighted by Crippen LogP contribution is -2.71. The molecule has 1 aromatic rings. The van der Waals surface area contributed by atoms with Crippen LogP contribution in [0.2, 0.25) is 0 Å². The van der Waals surface area contributed by atoms with Crippen molar-refractivity contribution in [2.45, 2.75) is 18.3 Å². The van der Waals surface area contributed by atoms with Gasteiger partial charge in [-0.05, 0) is 18.6 Å². The third kappa shape index (κ3) is 4.23. The molecule has 0 bridgehead atoms. The van der Waals surface area contributed by atoms with Crippen molar-refractivity contribution in [1.29, 1.82) is 0 Å². The molecule has 0 unspecified atom stereocenters. The second kappa shape index (κ2) is 9.42. The van der Waals surface area contributed by atoms with Crippen molar-refractivity contribution in [3.8, 4) is 0 Å². The summed E-state index contributed by atoms with van der Waals surface area (Å²) in [5.41, 5.74) is 5.85. The van der Waals surface area contributed by atoms with E-state index in [0.29, 0.717) is 0 Å². The summed E-state index contributed by atoms with van der Waals surface area (Å²) in [5, 5.41) is 17.2. The summed E-state index contributed by atoms with van der Waals surface area (Å²) in [6, 6.07) is -1.00. The maximum absolute atomic E-state index is 12.9. The molecule has 0 aliphatic carbocycles. The molecule has 4 heterocycles. The Bertz CT molecular complexity index is 1260. The highest BCUT2D eigenvalue weighted by Gasteiger charge is 2.54. The van der Waals surface area contributed by atoms with E-state index in [1.807, 2.05) is 0 Å². The average Bonchev–Trinajstić information content (AvgIpc) is 3.37. The average molecular weight is 522 g/mol. The Morgan fingerprint density at radius 1 is 1.40 bits per heavy atom. The van der Waals surface area contributed by atoms with Crippen LogP contribution in [-0.4, -0.2) is 75.8 Å². The molecule has 13 nitrogen and oxygen atoms in total. The number of carbonyl (C=O) groups is 4. The molecule has 0 aromatic carbocycles. The highest BCUT2D eigenvalue weighted by atomic mass is 32.2. The number of rotatable bonds is 7. The van der Waals surface area contributed by atoms with Gasteiger partial charge in [-0.15, -0.1) is 23.1 Å². The zero-order chi connectivity index (χ0) is 25.4. The Labute approximate surface area is 206 Å². The van der Waals surface area contributed by atoms with Gasteiger partial charge in [0.05, 0.1) is 12.7 Å². The number of hydrogen-bond acceptors (Lipinski definition) is 12. The van der Waals surface area contributed by atoms with Gasteiger partial charge in [0, 0.05) is 11.1 Å². The van der Waals surface area contributed by atoms with E-state index in [0.717, 1.165) is 16.2 Å². The van der Waals surface area contributed by atoms with Gasteiger partial charge >= 0.3 is 11.9 Å². The second-order valence-corrected chi connectivity index (χ2v) is 9.28. The minimum Gasteiger partial charge on any atom is -0.492 e. The first-order valence-electron chi connectivity index (χ1n) is 9.91. The summed E-state index contributed by atoms with van der Waals surface area (Å²) >= 11 is 2.34. The number of hydrogen-bond donors (Lipinski definition) is 3. The number of esters is 1. The van der Waals surface area contributed by atoms with E-state index in [-0.39, 0.29) is 50.7 Å². The van der Waals surface area contributed by atoms with Gasteiger partial charge in [0.25, 0.3) is 11.8 Å². The molecule has 1 saturated heterocycles. The van der Waals surface area contributed by atoms with Crippen molar-refractivity contribution in [3.05, 3.63) is 45.5 Å². The number of cyclic esters (lactones) is 1. The van der Waals surface area contributed by atoms with Crippen LogP contribution in [0.15, 0.2) is 45.0 Å². The first-order chi connectivity index (χ1) is 16.7. The van der Waals surface area contributed by atoms with Crippen LogP contribution in [0.1, 0.15) is 12.6 Å². The van der Waals surface area contributed by atoms with Crippen LogP contribution >= 0.6 is 23.1 Å². The van der Waals surface area contributed by atoms with Gasteiger partial charge in [-0.1, -0.05) is 5.16 Å². The molecule has 4 N–H and O–H groups in total. The van der Waals surface area contributed by atoms with E-state index in [4.69, 9.17) is 20.0 Å². The van der Waals surface area contributed by atoms with E-state index < -0.39 is 35.2 Å². The van der Waals surface area contributed by atoms with E-state index >= 15 is 0 Å². The molecule has 2 amide bonds. The molecule has 4 rings (SSSR count). The van der Waals surface area contributed by atoms with Gasteiger partial charge in [-0.2, -0.15) is 0 Å². The summed E-state index contributed by atoms with van der Waals surface area (Å²) in [4.78, 5) is 59.5. The fourth-order valence-electron chi connectivity index (χ4n) is 3.66. The van der Waals surface area contributed by atoms with Gasteiger partial charge in [0.15, 0.2) is 22.4 Å². The Morgan fingerprint density at radius 2 is 2.14 bits per heavy atom. The van der Waals surface area contributed by atoms with Gasteiger partial charge in [-0.3, -0.25) is 14.5 Å². The standard InChI is InChI=1S/C20H19N5O8S2/c1-7-14(31-2)10(33-19(7)30)4-8-5-34-17-12(16(27)25(17)13(8)18(28)29)23-15(26)11(24-32-3)9-6-35-20(21)22-9/h4,6,12,17H,5H2,1-3H3,(H2,21,22)(H,23,26)(H,28,29)/t12-,17+/m1/s1. The topological polar surface area (TPSA) is 183 Å². The van der Waals surface area contributed by atoms with Gasteiger partial charge in [-0.25, -0.2) is 14.6 Å². The lowest BCUT2D eigenvalue weighted by molar-refractivity contribution is -0.150. The quantitative estimate of drug-likeness (QED) is 0.192. The number of nitrogens with one attached hydrogen (secondary N) is 1. The summed E-state index contributed by atoms with van der Waals surface area (Å²) in [5.74, 6) is -2.89. The number of amides is 2. The molecular formula is C20H19N5O8S2. The van der Waals surface area contributed by atoms with Crippen molar-refractivity contribution >= 4 is 57.7 Å².